The van der Waals surface area contributed by atoms with Gasteiger partial charge in [0.25, 0.3) is 5.56 Å². The predicted octanol–water partition coefficient (Wildman–Crippen LogP) is 1.44. The summed E-state index contributed by atoms with van der Waals surface area (Å²) in [6.07, 6.45) is 1.62. The molecule has 0 saturated carbocycles. The number of sulfonamides is 1. The van der Waals surface area contributed by atoms with E-state index in [1.165, 1.54) is 38.2 Å². The number of esters is 1. The first-order valence-electron chi connectivity index (χ1n) is 9.18. The molecule has 3 aromatic rings. The van der Waals surface area contributed by atoms with Crippen LogP contribution in [-0.4, -0.2) is 54.4 Å². The number of carbonyl (C=O) groups is 1. The van der Waals surface area contributed by atoms with Gasteiger partial charge in [0.15, 0.2) is 4.96 Å². The molecule has 3 heterocycles. The summed E-state index contributed by atoms with van der Waals surface area (Å²) >= 11 is 1.30. The van der Waals surface area contributed by atoms with Crippen molar-refractivity contribution < 1.29 is 22.7 Å². The van der Waals surface area contributed by atoms with Gasteiger partial charge in [0.1, 0.15) is 6.61 Å². The molecule has 9 nitrogen and oxygen atoms in total. The van der Waals surface area contributed by atoms with E-state index in [0.29, 0.717) is 29.4 Å². The topological polar surface area (TPSA) is 107 Å². The average molecular weight is 450 g/mol. The van der Waals surface area contributed by atoms with Crippen molar-refractivity contribution in [3.05, 3.63) is 63.0 Å². The SMILES string of the molecule is Cc1ccc(C(=O)OCc2cc(=O)n3ccsc3n2)cc1S(=O)(=O)N1CCOCC1. The number of rotatable bonds is 5. The van der Waals surface area contributed by atoms with E-state index in [1.54, 1.807) is 24.6 Å². The molecular weight excluding hydrogens is 430 g/mol. The molecular formula is C19H19N3O6S2. The predicted molar refractivity (Wildman–Crippen MR) is 109 cm³/mol. The Kier molecular flexibility index (Phi) is 5.69. The lowest BCUT2D eigenvalue weighted by atomic mass is 10.1. The number of morpholine rings is 1. The summed E-state index contributed by atoms with van der Waals surface area (Å²) in [5.41, 5.74) is 0.711. The summed E-state index contributed by atoms with van der Waals surface area (Å²) in [6.45, 7) is 2.69. The highest BCUT2D eigenvalue weighted by molar-refractivity contribution is 7.89. The van der Waals surface area contributed by atoms with Crippen LogP contribution in [0, 0.1) is 6.92 Å². The Balaban J connectivity index is 1.54. The normalized spacial score (nSPS) is 15.4. The fourth-order valence-corrected chi connectivity index (χ4v) is 5.51. The molecule has 0 amide bonds. The third kappa shape index (κ3) is 4.01. The van der Waals surface area contributed by atoms with Crippen molar-refractivity contribution >= 4 is 32.3 Å². The summed E-state index contributed by atoms with van der Waals surface area (Å²) < 4.78 is 39.2. The van der Waals surface area contributed by atoms with Gasteiger partial charge in [-0.15, -0.1) is 11.3 Å². The largest absolute Gasteiger partial charge is 0.456 e. The maximum absolute atomic E-state index is 13.0. The van der Waals surface area contributed by atoms with E-state index in [4.69, 9.17) is 9.47 Å². The van der Waals surface area contributed by atoms with Gasteiger partial charge in [0.05, 0.1) is 29.4 Å². The van der Waals surface area contributed by atoms with Crippen molar-refractivity contribution in [2.24, 2.45) is 0 Å². The number of ether oxygens (including phenoxy) is 2. The van der Waals surface area contributed by atoms with Gasteiger partial charge in [-0.2, -0.15) is 4.31 Å². The highest BCUT2D eigenvalue weighted by Gasteiger charge is 2.28. The minimum absolute atomic E-state index is 0.0650. The molecule has 0 unspecified atom stereocenters. The fraction of sp³-hybridized carbons (Fsp3) is 0.316. The highest BCUT2D eigenvalue weighted by atomic mass is 32.2. The van der Waals surface area contributed by atoms with Gasteiger partial charge < -0.3 is 9.47 Å². The Morgan fingerprint density at radius 1 is 1.27 bits per heavy atom. The van der Waals surface area contributed by atoms with Crippen LogP contribution in [0.2, 0.25) is 0 Å². The summed E-state index contributed by atoms with van der Waals surface area (Å²) in [4.78, 5) is 29.4. The van der Waals surface area contributed by atoms with Crippen LogP contribution in [0.1, 0.15) is 21.6 Å². The van der Waals surface area contributed by atoms with Crippen LogP contribution >= 0.6 is 11.3 Å². The van der Waals surface area contributed by atoms with Crippen molar-refractivity contribution in [3.8, 4) is 0 Å². The summed E-state index contributed by atoms with van der Waals surface area (Å²) in [6, 6.07) is 5.72. The van der Waals surface area contributed by atoms with E-state index in [0.717, 1.165) is 0 Å². The second kappa shape index (κ2) is 8.26. The molecule has 4 rings (SSSR count). The lowest BCUT2D eigenvalue weighted by Crippen LogP contribution is -2.40. The monoisotopic (exact) mass is 449 g/mol. The molecule has 1 fully saturated rings. The van der Waals surface area contributed by atoms with Crippen molar-refractivity contribution in [3.63, 3.8) is 0 Å². The number of thiazole rings is 1. The molecule has 2 aromatic heterocycles. The summed E-state index contributed by atoms with van der Waals surface area (Å²) in [7, 11) is -3.75. The van der Waals surface area contributed by atoms with Gasteiger partial charge in [-0.1, -0.05) is 6.07 Å². The maximum Gasteiger partial charge on any atom is 0.338 e. The Hall–Kier alpha value is -2.60. The first kappa shape index (κ1) is 20.7. The third-order valence-corrected chi connectivity index (χ3v) is 7.52. The molecule has 1 aliphatic heterocycles. The molecule has 30 heavy (non-hydrogen) atoms. The van der Waals surface area contributed by atoms with Crippen LogP contribution in [-0.2, 0) is 26.1 Å². The Bertz CT molecular complexity index is 1260. The molecule has 0 bridgehead atoms. The van der Waals surface area contributed by atoms with E-state index >= 15 is 0 Å². The summed E-state index contributed by atoms with van der Waals surface area (Å²) in [5.74, 6) is -0.693. The Labute approximate surface area is 176 Å². The van der Waals surface area contributed by atoms with Gasteiger partial charge in [-0.3, -0.25) is 9.20 Å². The first-order chi connectivity index (χ1) is 14.4. The van der Waals surface area contributed by atoms with E-state index in [-0.39, 0.29) is 35.7 Å². The van der Waals surface area contributed by atoms with E-state index < -0.39 is 16.0 Å². The van der Waals surface area contributed by atoms with Crippen molar-refractivity contribution in [2.75, 3.05) is 26.3 Å². The summed E-state index contributed by atoms with van der Waals surface area (Å²) in [5, 5.41) is 1.74. The number of fused-ring (bicyclic) bond motifs is 1. The van der Waals surface area contributed by atoms with E-state index in [9.17, 15) is 18.0 Å². The van der Waals surface area contributed by atoms with Crippen LogP contribution in [0.25, 0.3) is 4.96 Å². The van der Waals surface area contributed by atoms with Gasteiger partial charge in [-0.05, 0) is 24.6 Å². The standard InChI is InChI=1S/C19H19N3O6S2/c1-13-2-3-14(10-16(13)30(25,26)21-4-7-27-8-5-21)18(24)28-12-15-11-17(23)22-6-9-29-19(22)20-15/h2-3,6,9-11H,4-5,7-8,12H2,1H3. The molecule has 0 atom stereocenters. The fourth-order valence-electron chi connectivity index (χ4n) is 3.12. The zero-order valence-electron chi connectivity index (χ0n) is 16.1. The average Bonchev–Trinajstić information content (AvgIpc) is 3.22. The number of aryl methyl sites for hydroxylation is 1. The van der Waals surface area contributed by atoms with E-state index in [2.05, 4.69) is 4.98 Å². The second-order valence-electron chi connectivity index (χ2n) is 6.71. The van der Waals surface area contributed by atoms with Gasteiger partial charge >= 0.3 is 5.97 Å². The van der Waals surface area contributed by atoms with Crippen molar-refractivity contribution in [2.45, 2.75) is 18.4 Å². The quantitative estimate of drug-likeness (QED) is 0.543. The molecule has 158 valence electrons. The van der Waals surface area contributed by atoms with Gasteiger partial charge in [0, 0.05) is 30.7 Å². The number of hydrogen-bond acceptors (Lipinski definition) is 8. The minimum atomic E-state index is -3.75. The van der Waals surface area contributed by atoms with Crippen LogP contribution < -0.4 is 5.56 Å². The molecule has 0 spiro atoms. The van der Waals surface area contributed by atoms with Crippen molar-refractivity contribution in [1.29, 1.82) is 0 Å². The van der Waals surface area contributed by atoms with Crippen LogP contribution in [0.15, 0.2) is 45.5 Å². The maximum atomic E-state index is 13.0. The number of nitrogens with zero attached hydrogens (tertiary/aromatic N) is 3. The first-order valence-corrected chi connectivity index (χ1v) is 11.5. The van der Waals surface area contributed by atoms with Gasteiger partial charge in [-0.25, -0.2) is 18.2 Å². The molecule has 1 aliphatic rings. The Morgan fingerprint density at radius 3 is 2.80 bits per heavy atom. The number of hydrogen-bond donors (Lipinski definition) is 0. The zero-order chi connectivity index (χ0) is 21.3. The lowest BCUT2D eigenvalue weighted by molar-refractivity contribution is 0.0467. The highest BCUT2D eigenvalue weighted by Crippen LogP contribution is 2.23. The number of benzene rings is 1. The number of carbonyl (C=O) groups excluding carboxylic acids is 1. The van der Waals surface area contributed by atoms with Crippen LogP contribution in [0.3, 0.4) is 0 Å². The van der Waals surface area contributed by atoms with Crippen LogP contribution in [0.4, 0.5) is 0 Å². The van der Waals surface area contributed by atoms with Crippen molar-refractivity contribution in [1.82, 2.24) is 13.7 Å². The molecule has 0 radical (unpaired) electrons. The lowest BCUT2D eigenvalue weighted by Gasteiger charge is -2.26. The molecule has 0 N–H and O–H groups in total. The third-order valence-electron chi connectivity index (χ3n) is 4.72. The minimum Gasteiger partial charge on any atom is -0.456 e. The van der Waals surface area contributed by atoms with E-state index in [1.807, 2.05) is 0 Å². The Morgan fingerprint density at radius 2 is 2.03 bits per heavy atom. The molecule has 0 aliphatic carbocycles. The molecule has 11 heteroatoms. The number of aromatic nitrogens is 2. The smallest absolute Gasteiger partial charge is 0.338 e. The molecule has 1 aromatic carbocycles. The second-order valence-corrected chi connectivity index (χ2v) is 9.49. The zero-order valence-corrected chi connectivity index (χ0v) is 17.7. The van der Waals surface area contributed by atoms with Crippen LogP contribution in [0.5, 0.6) is 0 Å². The van der Waals surface area contributed by atoms with Gasteiger partial charge in [0.2, 0.25) is 10.0 Å². The molecule has 1 saturated heterocycles.